The Morgan fingerprint density at radius 3 is 1.50 bits per heavy atom. The summed E-state index contributed by atoms with van der Waals surface area (Å²) in [6, 6.07) is 0. The number of rotatable bonds is 0. The minimum Gasteiger partial charge on any atom is -0.285 e. The van der Waals surface area contributed by atoms with E-state index in [4.69, 9.17) is 0 Å². The number of nitrogens with zero attached hydrogens (tertiary/aromatic N) is 1. The lowest BCUT2D eigenvalue weighted by Gasteiger charge is -2.03. The van der Waals surface area contributed by atoms with Crippen LogP contribution in [0.3, 0.4) is 0 Å². The van der Waals surface area contributed by atoms with Gasteiger partial charge < -0.3 is 0 Å². The number of amides is 2. The fraction of sp³-hybridized carbons (Fsp3) is 0.714. The highest BCUT2D eigenvalue weighted by Gasteiger charge is 2.39. The topological polar surface area (TPSA) is 37.4 Å². The Hall–Kier alpha value is -0.860. The minimum atomic E-state index is -0.127. The van der Waals surface area contributed by atoms with E-state index in [9.17, 15) is 9.59 Å². The van der Waals surface area contributed by atoms with Gasteiger partial charge in [-0.3, -0.25) is 14.5 Å². The Kier molecular flexibility index (Phi) is 1.50. The summed E-state index contributed by atoms with van der Waals surface area (Å²) in [6.07, 6.45) is 0. The molecule has 0 aromatic heterocycles. The summed E-state index contributed by atoms with van der Waals surface area (Å²) < 4.78 is 0. The number of hydrogen-bond acceptors (Lipinski definition) is 2. The first-order valence-corrected chi connectivity index (χ1v) is 3.37. The van der Waals surface area contributed by atoms with Crippen molar-refractivity contribution in [3.05, 3.63) is 0 Å². The highest BCUT2D eigenvalue weighted by Crippen LogP contribution is 2.23. The Morgan fingerprint density at radius 1 is 1.10 bits per heavy atom. The maximum atomic E-state index is 11.0. The first-order chi connectivity index (χ1) is 4.55. The van der Waals surface area contributed by atoms with E-state index in [0.29, 0.717) is 0 Å². The third-order valence-corrected chi connectivity index (χ3v) is 2.19. The second kappa shape index (κ2) is 2.08. The van der Waals surface area contributed by atoms with E-state index in [-0.39, 0.29) is 23.7 Å². The highest BCUT2D eigenvalue weighted by molar-refractivity contribution is 6.04. The lowest BCUT2D eigenvalue weighted by Crippen LogP contribution is -2.25. The predicted molar refractivity (Wildman–Crippen MR) is 36.1 cm³/mol. The van der Waals surface area contributed by atoms with Gasteiger partial charge in [0.25, 0.3) is 0 Å². The quantitative estimate of drug-likeness (QED) is 0.454. The van der Waals surface area contributed by atoms with Crippen molar-refractivity contribution in [2.24, 2.45) is 11.8 Å². The molecule has 0 N–H and O–H groups in total. The summed E-state index contributed by atoms with van der Waals surface area (Å²) in [7, 11) is 1.53. The van der Waals surface area contributed by atoms with Crippen molar-refractivity contribution >= 4 is 11.8 Å². The number of hydrogen-bond donors (Lipinski definition) is 0. The molecule has 0 aromatic carbocycles. The van der Waals surface area contributed by atoms with Gasteiger partial charge in [-0.25, -0.2) is 0 Å². The van der Waals surface area contributed by atoms with Gasteiger partial charge in [-0.2, -0.15) is 0 Å². The fourth-order valence-electron chi connectivity index (χ4n) is 1.15. The smallest absolute Gasteiger partial charge is 0.232 e. The molecular weight excluding hydrogens is 130 g/mol. The third-order valence-electron chi connectivity index (χ3n) is 2.19. The van der Waals surface area contributed by atoms with Gasteiger partial charge >= 0.3 is 0 Å². The van der Waals surface area contributed by atoms with Gasteiger partial charge in [0.15, 0.2) is 0 Å². The predicted octanol–water partition coefficient (Wildman–Crippen LogP) is 0.257. The minimum absolute atomic E-state index is 0.0579. The van der Waals surface area contributed by atoms with E-state index in [2.05, 4.69) is 0 Å². The van der Waals surface area contributed by atoms with E-state index < -0.39 is 0 Å². The molecule has 0 spiro atoms. The van der Waals surface area contributed by atoms with E-state index in [1.807, 2.05) is 0 Å². The summed E-state index contributed by atoms with van der Waals surface area (Å²) in [6.45, 7) is 3.57. The van der Waals surface area contributed by atoms with Crippen LogP contribution in [0.25, 0.3) is 0 Å². The summed E-state index contributed by atoms with van der Waals surface area (Å²) >= 11 is 0. The SMILES string of the molecule is CC1C(=O)N(C)C(=O)C1C. The van der Waals surface area contributed by atoms with E-state index >= 15 is 0 Å². The van der Waals surface area contributed by atoms with Crippen LogP contribution < -0.4 is 0 Å². The molecule has 2 atom stereocenters. The van der Waals surface area contributed by atoms with Gasteiger partial charge in [-0.15, -0.1) is 0 Å². The molecule has 0 bridgehead atoms. The Bertz CT molecular complexity index is 168. The molecular formula is C7H11NO2. The van der Waals surface area contributed by atoms with Crippen LogP contribution in [0.4, 0.5) is 0 Å². The second-order valence-electron chi connectivity index (χ2n) is 2.81. The molecule has 2 unspecified atom stereocenters. The summed E-state index contributed by atoms with van der Waals surface area (Å²) in [5, 5.41) is 0. The average molecular weight is 141 g/mol. The van der Waals surface area contributed by atoms with Gasteiger partial charge in [0.05, 0.1) is 0 Å². The van der Waals surface area contributed by atoms with Gasteiger partial charge in [0.2, 0.25) is 11.8 Å². The van der Waals surface area contributed by atoms with Gasteiger partial charge in [-0.1, -0.05) is 13.8 Å². The summed E-state index contributed by atoms with van der Waals surface area (Å²) in [5.74, 6) is -0.370. The van der Waals surface area contributed by atoms with Crippen molar-refractivity contribution in [2.45, 2.75) is 13.8 Å². The zero-order chi connectivity index (χ0) is 7.89. The van der Waals surface area contributed by atoms with Crippen LogP contribution in [-0.4, -0.2) is 23.8 Å². The molecule has 0 aromatic rings. The lowest BCUT2D eigenvalue weighted by molar-refractivity contribution is -0.138. The van der Waals surface area contributed by atoms with Crippen molar-refractivity contribution in [2.75, 3.05) is 7.05 Å². The van der Waals surface area contributed by atoms with Crippen molar-refractivity contribution in [3.63, 3.8) is 0 Å². The van der Waals surface area contributed by atoms with Crippen LogP contribution in [0.5, 0.6) is 0 Å². The molecule has 1 aliphatic heterocycles. The van der Waals surface area contributed by atoms with Crippen molar-refractivity contribution in [1.82, 2.24) is 4.90 Å². The molecule has 0 radical (unpaired) electrons. The zero-order valence-electron chi connectivity index (χ0n) is 6.42. The Balaban J connectivity index is 2.89. The van der Waals surface area contributed by atoms with E-state index in [1.165, 1.54) is 11.9 Å². The normalized spacial score (nSPS) is 33.7. The van der Waals surface area contributed by atoms with Crippen LogP contribution >= 0.6 is 0 Å². The first kappa shape index (κ1) is 7.25. The second-order valence-corrected chi connectivity index (χ2v) is 2.81. The van der Waals surface area contributed by atoms with Crippen molar-refractivity contribution in [3.8, 4) is 0 Å². The van der Waals surface area contributed by atoms with Crippen LogP contribution in [0.15, 0.2) is 0 Å². The van der Waals surface area contributed by atoms with Gasteiger partial charge in [0, 0.05) is 18.9 Å². The van der Waals surface area contributed by atoms with Crippen LogP contribution in [0, 0.1) is 11.8 Å². The zero-order valence-corrected chi connectivity index (χ0v) is 6.42. The number of carbonyl (C=O) groups is 2. The summed E-state index contributed by atoms with van der Waals surface area (Å²) in [4.78, 5) is 23.3. The molecule has 1 aliphatic rings. The Labute approximate surface area is 60.0 Å². The maximum Gasteiger partial charge on any atom is 0.232 e. The highest BCUT2D eigenvalue weighted by atomic mass is 16.2. The standard InChI is InChI=1S/C7H11NO2/c1-4-5(2)7(10)8(3)6(4)9/h4-5H,1-3H3. The Morgan fingerprint density at radius 2 is 1.40 bits per heavy atom. The molecule has 2 amide bonds. The van der Waals surface area contributed by atoms with Crippen LogP contribution in [0.2, 0.25) is 0 Å². The number of carbonyl (C=O) groups excluding carboxylic acids is 2. The van der Waals surface area contributed by atoms with E-state index in [1.54, 1.807) is 13.8 Å². The molecule has 3 heteroatoms. The monoisotopic (exact) mass is 141 g/mol. The van der Waals surface area contributed by atoms with Crippen molar-refractivity contribution < 1.29 is 9.59 Å². The van der Waals surface area contributed by atoms with Crippen molar-refractivity contribution in [1.29, 1.82) is 0 Å². The number of likely N-dealkylation sites (tertiary alicyclic amines) is 1. The fourth-order valence-corrected chi connectivity index (χ4v) is 1.15. The van der Waals surface area contributed by atoms with Crippen LogP contribution in [-0.2, 0) is 9.59 Å². The van der Waals surface area contributed by atoms with Crippen LogP contribution in [0.1, 0.15) is 13.8 Å². The molecule has 1 saturated heterocycles. The maximum absolute atomic E-state index is 11.0. The summed E-state index contributed by atoms with van der Waals surface area (Å²) in [5.41, 5.74) is 0. The first-order valence-electron chi connectivity index (χ1n) is 3.37. The number of imide groups is 1. The molecule has 56 valence electrons. The average Bonchev–Trinajstić information content (AvgIpc) is 2.07. The lowest BCUT2D eigenvalue weighted by atomic mass is 10.00. The van der Waals surface area contributed by atoms with Gasteiger partial charge in [0.1, 0.15) is 0 Å². The largest absolute Gasteiger partial charge is 0.285 e. The molecule has 0 saturated carbocycles. The van der Waals surface area contributed by atoms with E-state index in [0.717, 1.165) is 0 Å². The molecule has 1 heterocycles. The molecule has 1 fully saturated rings. The molecule has 10 heavy (non-hydrogen) atoms. The molecule has 0 aliphatic carbocycles. The van der Waals surface area contributed by atoms with Gasteiger partial charge in [-0.05, 0) is 0 Å². The molecule has 1 rings (SSSR count). The molecule has 3 nitrogen and oxygen atoms in total. The third kappa shape index (κ3) is 0.735.